The Morgan fingerprint density at radius 2 is 2.08 bits per heavy atom. The van der Waals surface area contributed by atoms with Gasteiger partial charge in [-0.05, 0) is 42.0 Å². The minimum Gasteiger partial charge on any atom is -0.273 e. The Morgan fingerprint density at radius 3 is 2.84 bits per heavy atom. The van der Waals surface area contributed by atoms with Gasteiger partial charge in [-0.25, -0.2) is 14.8 Å². The van der Waals surface area contributed by atoms with E-state index in [1.807, 2.05) is 6.07 Å². The fourth-order valence-electron chi connectivity index (χ4n) is 2.08. The van der Waals surface area contributed by atoms with Crippen LogP contribution in [-0.4, -0.2) is 17.1 Å². The smallest absolute Gasteiger partial charge is 0.246 e. The summed E-state index contributed by atoms with van der Waals surface area (Å²) in [5.74, 6) is -0.563. The monoisotopic (exact) mass is 373 g/mol. The van der Waals surface area contributed by atoms with Crippen LogP contribution in [0.1, 0.15) is 11.3 Å². The molecule has 0 aliphatic rings. The van der Waals surface area contributed by atoms with Gasteiger partial charge in [0, 0.05) is 16.0 Å². The van der Waals surface area contributed by atoms with Gasteiger partial charge in [0.05, 0.1) is 18.3 Å². The minimum atomic E-state index is -0.294. The van der Waals surface area contributed by atoms with Crippen molar-refractivity contribution in [1.82, 2.24) is 10.4 Å². The maximum absolute atomic E-state index is 13.0. The molecule has 0 bridgehead atoms. The number of nitrogens with one attached hydrogen (secondary N) is 1. The summed E-state index contributed by atoms with van der Waals surface area (Å²) in [6.07, 6.45) is 1.64. The van der Waals surface area contributed by atoms with E-state index in [0.717, 1.165) is 16.1 Å². The van der Waals surface area contributed by atoms with Crippen molar-refractivity contribution < 1.29 is 9.18 Å². The Bertz CT molecular complexity index is 909. The summed E-state index contributed by atoms with van der Waals surface area (Å²) >= 11 is 7.28. The van der Waals surface area contributed by atoms with Gasteiger partial charge in [0.2, 0.25) is 5.91 Å². The highest BCUT2D eigenvalue weighted by atomic mass is 35.5. The summed E-state index contributed by atoms with van der Waals surface area (Å²) in [5.41, 5.74) is 4.71. The highest BCUT2D eigenvalue weighted by Crippen LogP contribution is 2.24. The molecule has 1 N–H and O–H groups in total. The fraction of sp³-hybridized carbons (Fsp3) is 0.0556. The molecular weight excluding hydrogens is 361 g/mol. The molecule has 3 aromatic rings. The van der Waals surface area contributed by atoms with Gasteiger partial charge in [-0.15, -0.1) is 11.3 Å². The molecule has 0 aliphatic heterocycles. The zero-order valence-electron chi connectivity index (χ0n) is 12.9. The lowest BCUT2D eigenvalue weighted by molar-refractivity contribution is -0.120. The van der Waals surface area contributed by atoms with Crippen molar-refractivity contribution in [3.8, 4) is 10.6 Å². The predicted octanol–water partition coefficient (Wildman–Crippen LogP) is 4.30. The molecule has 0 atom stereocenters. The first-order chi connectivity index (χ1) is 12.1. The third-order valence-corrected chi connectivity index (χ3v) is 4.41. The SMILES string of the molecule is O=C(Cc1csc(-c2ccc(F)cc2)n1)N/N=C\c1cccc(Cl)c1. The van der Waals surface area contributed by atoms with Crippen molar-refractivity contribution in [2.45, 2.75) is 6.42 Å². The molecule has 4 nitrogen and oxygen atoms in total. The molecule has 0 unspecified atom stereocenters. The number of nitrogens with zero attached hydrogens (tertiary/aromatic N) is 2. The number of carbonyl (C=O) groups is 1. The molecule has 0 saturated heterocycles. The van der Waals surface area contributed by atoms with Crippen LogP contribution < -0.4 is 5.43 Å². The van der Waals surface area contributed by atoms with E-state index in [-0.39, 0.29) is 18.1 Å². The Hall–Kier alpha value is -2.57. The zero-order chi connectivity index (χ0) is 17.6. The minimum absolute atomic E-state index is 0.116. The first kappa shape index (κ1) is 17.3. The standard InChI is InChI=1S/C18H13ClFN3OS/c19-14-3-1-2-12(8-14)10-21-23-17(24)9-16-11-25-18(22-16)13-4-6-15(20)7-5-13/h1-8,10-11H,9H2,(H,23,24)/b21-10-. The molecule has 126 valence electrons. The van der Waals surface area contributed by atoms with Crippen LogP contribution in [0.2, 0.25) is 5.02 Å². The van der Waals surface area contributed by atoms with Crippen LogP contribution in [0.25, 0.3) is 10.6 Å². The number of rotatable bonds is 5. The van der Waals surface area contributed by atoms with E-state index in [1.54, 1.807) is 35.7 Å². The van der Waals surface area contributed by atoms with Crippen LogP contribution in [0, 0.1) is 5.82 Å². The van der Waals surface area contributed by atoms with Crippen LogP contribution in [0.15, 0.2) is 59.0 Å². The van der Waals surface area contributed by atoms with E-state index in [2.05, 4.69) is 15.5 Å². The van der Waals surface area contributed by atoms with Crippen molar-refractivity contribution in [1.29, 1.82) is 0 Å². The molecule has 0 saturated carbocycles. The van der Waals surface area contributed by atoms with E-state index >= 15 is 0 Å². The Morgan fingerprint density at radius 1 is 1.28 bits per heavy atom. The van der Waals surface area contributed by atoms with Gasteiger partial charge in [0.1, 0.15) is 10.8 Å². The second-order valence-corrected chi connectivity index (χ2v) is 6.47. The second-order valence-electron chi connectivity index (χ2n) is 5.18. The quantitative estimate of drug-likeness (QED) is 0.535. The van der Waals surface area contributed by atoms with Crippen LogP contribution in [0.3, 0.4) is 0 Å². The van der Waals surface area contributed by atoms with Gasteiger partial charge in [-0.3, -0.25) is 4.79 Å². The third kappa shape index (κ3) is 4.95. The van der Waals surface area contributed by atoms with E-state index in [1.165, 1.54) is 29.7 Å². The van der Waals surface area contributed by atoms with Gasteiger partial charge < -0.3 is 0 Å². The van der Waals surface area contributed by atoms with Gasteiger partial charge in [0.25, 0.3) is 0 Å². The van der Waals surface area contributed by atoms with Crippen LogP contribution in [-0.2, 0) is 11.2 Å². The molecule has 2 aromatic carbocycles. The van der Waals surface area contributed by atoms with Crippen molar-refractivity contribution in [3.63, 3.8) is 0 Å². The highest BCUT2D eigenvalue weighted by molar-refractivity contribution is 7.13. The maximum atomic E-state index is 13.0. The topological polar surface area (TPSA) is 54.4 Å². The summed E-state index contributed by atoms with van der Waals surface area (Å²) in [6, 6.07) is 13.2. The second kappa shape index (κ2) is 8.00. The van der Waals surface area contributed by atoms with Gasteiger partial charge in [-0.1, -0.05) is 23.7 Å². The first-order valence-electron chi connectivity index (χ1n) is 7.38. The highest BCUT2D eigenvalue weighted by Gasteiger charge is 2.08. The number of hydrogen-bond acceptors (Lipinski definition) is 4. The van der Waals surface area contributed by atoms with Crippen molar-refractivity contribution in [2.75, 3.05) is 0 Å². The van der Waals surface area contributed by atoms with Crippen molar-refractivity contribution in [3.05, 3.63) is 76.0 Å². The predicted molar refractivity (Wildman–Crippen MR) is 98.4 cm³/mol. The zero-order valence-corrected chi connectivity index (χ0v) is 14.5. The number of thiazole rings is 1. The summed E-state index contributed by atoms with van der Waals surface area (Å²) in [4.78, 5) is 16.3. The lowest BCUT2D eigenvalue weighted by atomic mass is 10.2. The molecule has 1 heterocycles. The van der Waals surface area contributed by atoms with Gasteiger partial charge in [-0.2, -0.15) is 5.10 Å². The molecule has 1 aromatic heterocycles. The summed E-state index contributed by atoms with van der Waals surface area (Å²) < 4.78 is 13.0. The molecule has 3 rings (SSSR count). The van der Waals surface area contributed by atoms with E-state index in [9.17, 15) is 9.18 Å². The molecule has 0 spiro atoms. The van der Waals surface area contributed by atoms with Crippen molar-refractivity contribution in [2.24, 2.45) is 5.10 Å². The Balaban J connectivity index is 1.57. The fourth-order valence-corrected chi connectivity index (χ4v) is 3.11. The third-order valence-electron chi connectivity index (χ3n) is 3.24. The largest absolute Gasteiger partial charge is 0.273 e. The number of aromatic nitrogens is 1. The van der Waals surface area contributed by atoms with E-state index in [0.29, 0.717) is 10.7 Å². The van der Waals surface area contributed by atoms with Gasteiger partial charge >= 0.3 is 0 Å². The average Bonchev–Trinajstić information content (AvgIpc) is 3.04. The maximum Gasteiger partial charge on any atom is 0.246 e. The number of benzene rings is 2. The summed E-state index contributed by atoms with van der Waals surface area (Å²) in [7, 11) is 0. The average molecular weight is 374 g/mol. The lowest BCUT2D eigenvalue weighted by Gasteiger charge is -1.98. The van der Waals surface area contributed by atoms with Gasteiger partial charge in [0.15, 0.2) is 0 Å². The summed E-state index contributed by atoms with van der Waals surface area (Å²) in [6.45, 7) is 0. The normalized spacial score (nSPS) is 11.0. The van der Waals surface area contributed by atoms with Crippen LogP contribution >= 0.6 is 22.9 Å². The lowest BCUT2D eigenvalue weighted by Crippen LogP contribution is -2.19. The molecular formula is C18H13ClFN3OS. The van der Waals surface area contributed by atoms with Crippen LogP contribution in [0.4, 0.5) is 4.39 Å². The molecule has 0 fully saturated rings. The number of hydrogen-bond donors (Lipinski definition) is 1. The van der Waals surface area contributed by atoms with E-state index in [4.69, 9.17) is 11.6 Å². The molecule has 7 heteroatoms. The number of hydrazone groups is 1. The van der Waals surface area contributed by atoms with Crippen LogP contribution in [0.5, 0.6) is 0 Å². The Labute approximate surface area is 153 Å². The number of amides is 1. The van der Waals surface area contributed by atoms with E-state index < -0.39 is 0 Å². The first-order valence-corrected chi connectivity index (χ1v) is 8.64. The summed E-state index contributed by atoms with van der Waals surface area (Å²) in [5, 5.41) is 7.05. The molecule has 0 aliphatic carbocycles. The van der Waals surface area contributed by atoms with Crippen molar-refractivity contribution >= 4 is 35.1 Å². The molecule has 25 heavy (non-hydrogen) atoms. The molecule has 0 radical (unpaired) electrons. The number of halogens is 2. The molecule has 1 amide bonds. The number of carbonyl (C=O) groups excluding carboxylic acids is 1. The Kier molecular flexibility index (Phi) is 5.53.